The second kappa shape index (κ2) is 7.08. The molecule has 0 saturated heterocycles. The molecule has 1 atom stereocenters. The zero-order valence-corrected chi connectivity index (χ0v) is 16.4. The Kier molecular flexibility index (Phi) is 5.01. The molecule has 1 aromatic carbocycles. The number of fused-ring (bicyclic) bond motifs is 1. The number of nitrogens with zero attached hydrogens (tertiary/aromatic N) is 4. The summed E-state index contributed by atoms with van der Waals surface area (Å²) in [7, 11) is 1.81. The zero-order chi connectivity index (χ0) is 19.0. The van der Waals surface area contributed by atoms with Crippen LogP contribution in [0.15, 0.2) is 36.5 Å². The quantitative estimate of drug-likeness (QED) is 0.662. The summed E-state index contributed by atoms with van der Waals surface area (Å²) < 4.78 is 1.87. The van der Waals surface area contributed by atoms with Crippen molar-refractivity contribution in [3.8, 4) is 0 Å². The topological polar surface area (TPSA) is 51.0 Å². The lowest BCUT2D eigenvalue weighted by Crippen LogP contribution is -2.30. The Bertz CT molecular complexity index is 946. The van der Waals surface area contributed by atoms with Crippen LogP contribution < -0.4 is 0 Å². The second-order valence-corrected chi connectivity index (χ2v) is 7.30. The molecule has 0 aliphatic carbocycles. The monoisotopic (exact) mass is 370 g/mol. The highest BCUT2D eigenvalue weighted by atomic mass is 35.5. The van der Waals surface area contributed by atoms with Gasteiger partial charge in [-0.1, -0.05) is 23.7 Å². The normalized spacial score (nSPS) is 12.6. The number of aromatic nitrogens is 3. The van der Waals surface area contributed by atoms with E-state index in [4.69, 9.17) is 11.6 Å². The molecule has 3 aromatic rings. The summed E-state index contributed by atoms with van der Waals surface area (Å²) in [6.07, 6.45) is 1.77. The molecule has 2 heterocycles. The number of rotatable bonds is 4. The van der Waals surface area contributed by atoms with Gasteiger partial charge in [0.2, 0.25) is 0 Å². The molecular weight excluding hydrogens is 348 g/mol. The van der Waals surface area contributed by atoms with Gasteiger partial charge in [0.05, 0.1) is 23.5 Å². The fourth-order valence-electron chi connectivity index (χ4n) is 2.99. The molecule has 0 aliphatic heterocycles. The number of carbonyl (C=O) groups excluding carboxylic acids is 1. The van der Waals surface area contributed by atoms with Gasteiger partial charge in [0.1, 0.15) is 0 Å². The number of carbonyl (C=O) groups is 1. The Labute approximate surface area is 158 Å². The summed E-state index contributed by atoms with van der Waals surface area (Å²) >= 11 is 5.96. The number of hydrogen-bond acceptors (Lipinski definition) is 3. The molecule has 0 spiro atoms. The number of benzene rings is 1. The van der Waals surface area contributed by atoms with E-state index in [0.717, 1.165) is 16.6 Å². The van der Waals surface area contributed by atoms with Gasteiger partial charge < -0.3 is 4.90 Å². The van der Waals surface area contributed by atoms with E-state index in [9.17, 15) is 4.79 Å². The molecule has 136 valence electrons. The first kappa shape index (κ1) is 18.4. The number of halogens is 1. The highest BCUT2D eigenvalue weighted by molar-refractivity contribution is 6.30. The van der Waals surface area contributed by atoms with Crippen molar-refractivity contribution in [3.05, 3.63) is 58.4 Å². The maximum atomic E-state index is 13.1. The van der Waals surface area contributed by atoms with Crippen LogP contribution in [0, 0.1) is 6.92 Å². The van der Waals surface area contributed by atoms with Crippen LogP contribution in [0.4, 0.5) is 0 Å². The fourth-order valence-corrected chi connectivity index (χ4v) is 3.12. The van der Waals surface area contributed by atoms with Crippen LogP contribution in [-0.4, -0.2) is 32.6 Å². The van der Waals surface area contributed by atoms with E-state index in [2.05, 4.69) is 23.9 Å². The Morgan fingerprint density at radius 2 is 1.85 bits per heavy atom. The maximum absolute atomic E-state index is 13.1. The fraction of sp³-hybridized carbons (Fsp3) is 0.350. The van der Waals surface area contributed by atoms with Crippen LogP contribution in [0.1, 0.15) is 54.5 Å². The van der Waals surface area contributed by atoms with Gasteiger partial charge in [-0.15, -0.1) is 0 Å². The van der Waals surface area contributed by atoms with Crippen LogP contribution in [0.2, 0.25) is 5.02 Å². The van der Waals surface area contributed by atoms with Crippen molar-refractivity contribution in [1.82, 2.24) is 19.7 Å². The van der Waals surface area contributed by atoms with E-state index in [0.29, 0.717) is 16.3 Å². The smallest absolute Gasteiger partial charge is 0.255 e. The van der Waals surface area contributed by atoms with Crippen LogP contribution in [0.25, 0.3) is 11.0 Å². The maximum Gasteiger partial charge on any atom is 0.255 e. The van der Waals surface area contributed by atoms with Crippen molar-refractivity contribution in [2.45, 2.75) is 39.8 Å². The lowest BCUT2D eigenvalue weighted by atomic mass is 10.1. The second-order valence-electron chi connectivity index (χ2n) is 6.86. The molecule has 26 heavy (non-hydrogen) atoms. The number of aryl methyl sites for hydroxylation is 1. The van der Waals surface area contributed by atoms with Crippen LogP contribution in [-0.2, 0) is 0 Å². The summed E-state index contributed by atoms with van der Waals surface area (Å²) in [6.45, 7) is 7.98. The lowest BCUT2D eigenvalue weighted by molar-refractivity contribution is 0.0741. The van der Waals surface area contributed by atoms with Crippen LogP contribution in [0.3, 0.4) is 0 Å². The molecule has 1 unspecified atom stereocenters. The highest BCUT2D eigenvalue weighted by Crippen LogP contribution is 2.25. The third-order valence-electron chi connectivity index (χ3n) is 4.73. The largest absolute Gasteiger partial charge is 0.335 e. The standard InChI is InChI=1S/C20H23ClN4O/c1-12(2)25-19-16(11-22-25)10-18(13(3)23-19)20(26)24(5)14(4)15-6-8-17(21)9-7-15/h6-12,14H,1-5H3. The van der Waals surface area contributed by atoms with Crippen LogP contribution in [0.5, 0.6) is 0 Å². The third kappa shape index (κ3) is 3.31. The molecule has 1 amide bonds. The molecule has 6 heteroatoms. The molecule has 0 saturated carbocycles. The van der Waals surface area contributed by atoms with Crippen molar-refractivity contribution < 1.29 is 4.79 Å². The first-order valence-electron chi connectivity index (χ1n) is 8.67. The van der Waals surface area contributed by atoms with Crippen molar-refractivity contribution in [3.63, 3.8) is 0 Å². The SMILES string of the molecule is Cc1nc2c(cnn2C(C)C)cc1C(=O)N(C)C(C)c1ccc(Cl)cc1. The van der Waals surface area contributed by atoms with Crippen molar-refractivity contribution in [2.75, 3.05) is 7.05 Å². The minimum absolute atomic E-state index is 0.0587. The molecule has 3 rings (SSSR count). The molecule has 2 aromatic heterocycles. The Hall–Kier alpha value is -2.40. The van der Waals surface area contributed by atoms with Crippen molar-refractivity contribution >= 4 is 28.5 Å². The van der Waals surface area contributed by atoms with Gasteiger partial charge >= 0.3 is 0 Å². The molecular formula is C20H23ClN4O. The van der Waals surface area contributed by atoms with Gasteiger partial charge in [-0.25, -0.2) is 9.67 Å². The summed E-state index contributed by atoms with van der Waals surface area (Å²) in [6, 6.07) is 9.59. The minimum Gasteiger partial charge on any atom is -0.335 e. The predicted molar refractivity (Wildman–Crippen MR) is 105 cm³/mol. The van der Waals surface area contributed by atoms with E-state index in [-0.39, 0.29) is 18.0 Å². The van der Waals surface area contributed by atoms with Gasteiger partial charge in [-0.2, -0.15) is 5.10 Å². The van der Waals surface area contributed by atoms with E-state index >= 15 is 0 Å². The average Bonchev–Trinajstić information content (AvgIpc) is 3.02. The van der Waals surface area contributed by atoms with E-state index in [1.807, 2.05) is 55.9 Å². The summed E-state index contributed by atoms with van der Waals surface area (Å²) in [5.41, 5.74) is 3.15. The highest BCUT2D eigenvalue weighted by Gasteiger charge is 2.22. The average molecular weight is 371 g/mol. The molecule has 0 fully saturated rings. The first-order chi connectivity index (χ1) is 12.3. The van der Waals surface area contributed by atoms with Gasteiger partial charge in [0.15, 0.2) is 5.65 Å². The molecule has 0 N–H and O–H groups in total. The van der Waals surface area contributed by atoms with E-state index in [1.165, 1.54) is 0 Å². The Morgan fingerprint density at radius 3 is 2.46 bits per heavy atom. The summed E-state index contributed by atoms with van der Waals surface area (Å²) in [5, 5.41) is 5.95. The Balaban J connectivity index is 1.93. The van der Waals surface area contributed by atoms with E-state index in [1.54, 1.807) is 11.1 Å². The predicted octanol–water partition coefficient (Wildman–Crippen LogP) is 4.81. The van der Waals surface area contributed by atoms with Crippen molar-refractivity contribution in [2.24, 2.45) is 0 Å². The number of hydrogen-bond donors (Lipinski definition) is 0. The minimum atomic E-state index is -0.0757. The lowest BCUT2D eigenvalue weighted by Gasteiger charge is -2.26. The van der Waals surface area contributed by atoms with Crippen molar-refractivity contribution in [1.29, 1.82) is 0 Å². The summed E-state index contributed by atoms with van der Waals surface area (Å²) in [5.74, 6) is -0.0587. The van der Waals surface area contributed by atoms with Crippen LogP contribution >= 0.6 is 11.6 Å². The Morgan fingerprint density at radius 1 is 1.19 bits per heavy atom. The van der Waals surface area contributed by atoms with Gasteiger partial charge in [-0.3, -0.25) is 4.79 Å². The molecule has 5 nitrogen and oxygen atoms in total. The number of pyridine rings is 1. The van der Waals surface area contributed by atoms with Gasteiger partial charge in [0, 0.05) is 23.5 Å². The first-order valence-corrected chi connectivity index (χ1v) is 9.05. The zero-order valence-electron chi connectivity index (χ0n) is 15.7. The summed E-state index contributed by atoms with van der Waals surface area (Å²) in [4.78, 5) is 19.4. The molecule has 0 aliphatic rings. The molecule has 0 radical (unpaired) electrons. The molecule has 0 bridgehead atoms. The third-order valence-corrected chi connectivity index (χ3v) is 4.98. The number of amides is 1. The van der Waals surface area contributed by atoms with Gasteiger partial charge in [0.25, 0.3) is 5.91 Å². The van der Waals surface area contributed by atoms with E-state index < -0.39 is 0 Å². The van der Waals surface area contributed by atoms with Gasteiger partial charge in [-0.05, 0) is 51.5 Å².